The lowest BCUT2D eigenvalue weighted by atomic mass is 9.87. The Morgan fingerprint density at radius 3 is 2.93 bits per heavy atom. The third-order valence-electron chi connectivity index (χ3n) is 5.82. The average molecular weight is 379 g/mol. The van der Waals surface area contributed by atoms with Gasteiger partial charge in [-0.3, -0.25) is 0 Å². The van der Waals surface area contributed by atoms with Crippen LogP contribution in [0.15, 0.2) is 30.9 Å². The zero-order chi connectivity index (χ0) is 19.1. The quantitative estimate of drug-likeness (QED) is 0.746. The lowest BCUT2D eigenvalue weighted by Crippen LogP contribution is -2.28. The Morgan fingerprint density at radius 1 is 1.18 bits per heavy atom. The first-order chi connectivity index (χ1) is 13.6. The molecule has 0 amide bonds. The van der Waals surface area contributed by atoms with Crippen LogP contribution >= 0.6 is 0 Å². The maximum atomic E-state index is 5.63. The molecule has 2 aliphatic heterocycles. The molecule has 1 spiro atoms. The van der Waals surface area contributed by atoms with Gasteiger partial charge in [0.15, 0.2) is 0 Å². The Balaban J connectivity index is 1.37. The SMILES string of the molecule is CC(C)n1cnc2cnc(Nc3ccnc(N4CCC5(CCOC5)C4)n3)cc21. The van der Waals surface area contributed by atoms with Crippen LogP contribution in [0.1, 0.15) is 32.7 Å². The Labute approximate surface area is 164 Å². The van der Waals surface area contributed by atoms with Crippen LogP contribution in [0.4, 0.5) is 17.6 Å². The van der Waals surface area contributed by atoms with Crippen molar-refractivity contribution >= 4 is 28.6 Å². The van der Waals surface area contributed by atoms with Gasteiger partial charge in [-0.1, -0.05) is 0 Å². The fraction of sp³-hybridized carbons (Fsp3) is 0.500. The molecule has 2 aliphatic rings. The second-order valence-electron chi connectivity index (χ2n) is 8.14. The van der Waals surface area contributed by atoms with Gasteiger partial charge in [0, 0.05) is 43.4 Å². The molecule has 2 fully saturated rings. The standard InChI is InChI=1S/C20H25N7O/c1-14(2)27-13-23-15-10-22-18(9-16(15)27)24-17-3-6-21-19(25-17)26-7-4-20(11-26)5-8-28-12-20/h3,6,9-10,13-14H,4-5,7-8,11-12H2,1-2H3,(H,21,22,24,25). The van der Waals surface area contributed by atoms with Gasteiger partial charge in [-0.2, -0.15) is 4.98 Å². The summed E-state index contributed by atoms with van der Waals surface area (Å²) in [6.45, 7) is 7.96. The zero-order valence-corrected chi connectivity index (χ0v) is 16.3. The van der Waals surface area contributed by atoms with E-state index in [1.165, 1.54) is 0 Å². The van der Waals surface area contributed by atoms with Crippen molar-refractivity contribution in [2.24, 2.45) is 5.41 Å². The Hall–Kier alpha value is -2.74. The van der Waals surface area contributed by atoms with E-state index in [1.54, 1.807) is 12.4 Å². The van der Waals surface area contributed by atoms with Crippen molar-refractivity contribution in [1.29, 1.82) is 0 Å². The molecule has 5 heterocycles. The fourth-order valence-electron chi connectivity index (χ4n) is 4.19. The van der Waals surface area contributed by atoms with Crippen molar-refractivity contribution in [2.75, 3.05) is 36.5 Å². The monoisotopic (exact) mass is 379 g/mol. The molecular weight excluding hydrogens is 354 g/mol. The number of ether oxygens (including phenoxy) is 1. The fourth-order valence-corrected chi connectivity index (χ4v) is 4.19. The number of nitrogens with one attached hydrogen (secondary N) is 1. The highest BCUT2D eigenvalue weighted by atomic mass is 16.5. The van der Waals surface area contributed by atoms with Crippen LogP contribution in [0.25, 0.3) is 11.0 Å². The normalized spacial score (nSPS) is 22.0. The second-order valence-corrected chi connectivity index (χ2v) is 8.14. The van der Waals surface area contributed by atoms with Crippen LogP contribution in [0.2, 0.25) is 0 Å². The second kappa shape index (κ2) is 6.70. The molecule has 8 heteroatoms. The number of pyridine rings is 1. The van der Waals surface area contributed by atoms with Crippen molar-refractivity contribution in [3.05, 3.63) is 30.9 Å². The smallest absolute Gasteiger partial charge is 0.227 e. The zero-order valence-electron chi connectivity index (χ0n) is 16.3. The van der Waals surface area contributed by atoms with Crippen molar-refractivity contribution in [1.82, 2.24) is 24.5 Å². The maximum Gasteiger partial charge on any atom is 0.227 e. The molecule has 28 heavy (non-hydrogen) atoms. The summed E-state index contributed by atoms with van der Waals surface area (Å²) in [6, 6.07) is 4.23. The Bertz CT molecular complexity index is 993. The molecule has 5 rings (SSSR count). The van der Waals surface area contributed by atoms with Gasteiger partial charge in [0.1, 0.15) is 17.2 Å². The molecule has 1 N–H and O–H groups in total. The highest BCUT2D eigenvalue weighted by molar-refractivity contribution is 5.78. The third kappa shape index (κ3) is 3.07. The van der Waals surface area contributed by atoms with Crippen molar-refractivity contribution < 1.29 is 4.74 Å². The first-order valence-corrected chi connectivity index (χ1v) is 9.87. The van der Waals surface area contributed by atoms with Crippen molar-refractivity contribution in [3.8, 4) is 0 Å². The van der Waals surface area contributed by atoms with Crippen LogP contribution in [0.5, 0.6) is 0 Å². The number of fused-ring (bicyclic) bond motifs is 1. The summed E-state index contributed by atoms with van der Waals surface area (Å²) >= 11 is 0. The van der Waals surface area contributed by atoms with E-state index in [1.807, 2.05) is 18.5 Å². The van der Waals surface area contributed by atoms with Crippen LogP contribution in [0, 0.1) is 5.41 Å². The molecule has 0 bridgehead atoms. The molecule has 3 aromatic heterocycles. The van der Waals surface area contributed by atoms with Crippen LogP contribution in [0.3, 0.4) is 0 Å². The van der Waals surface area contributed by atoms with Gasteiger partial charge in [-0.25, -0.2) is 15.0 Å². The summed E-state index contributed by atoms with van der Waals surface area (Å²) < 4.78 is 7.77. The van der Waals surface area contributed by atoms with E-state index in [9.17, 15) is 0 Å². The van der Waals surface area contributed by atoms with E-state index >= 15 is 0 Å². The number of aromatic nitrogens is 5. The molecule has 1 atom stereocenters. The van der Waals surface area contributed by atoms with E-state index in [-0.39, 0.29) is 5.41 Å². The lowest BCUT2D eigenvalue weighted by molar-refractivity contribution is 0.160. The molecular formula is C20H25N7O. The average Bonchev–Trinajstić information content (AvgIpc) is 3.43. The van der Waals surface area contributed by atoms with Gasteiger partial charge in [0.2, 0.25) is 5.95 Å². The molecule has 0 radical (unpaired) electrons. The summed E-state index contributed by atoms with van der Waals surface area (Å²) in [4.78, 5) is 20.4. The Morgan fingerprint density at radius 2 is 2.11 bits per heavy atom. The summed E-state index contributed by atoms with van der Waals surface area (Å²) in [5, 5.41) is 3.32. The van der Waals surface area contributed by atoms with Gasteiger partial charge in [-0.05, 0) is 32.8 Å². The van der Waals surface area contributed by atoms with E-state index < -0.39 is 0 Å². The molecule has 146 valence electrons. The molecule has 3 aromatic rings. The number of nitrogens with zero attached hydrogens (tertiary/aromatic N) is 6. The first-order valence-electron chi connectivity index (χ1n) is 9.87. The van der Waals surface area contributed by atoms with Gasteiger partial charge >= 0.3 is 0 Å². The highest BCUT2D eigenvalue weighted by Crippen LogP contribution is 2.39. The Kier molecular flexibility index (Phi) is 4.16. The minimum absolute atomic E-state index is 0.286. The largest absolute Gasteiger partial charge is 0.381 e. The number of hydrogen-bond acceptors (Lipinski definition) is 7. The van der Waals surface area contributed by atoms with E-state index in [0.717, 1.165) is 67.8 Å². The van der Waals surface area contributed by atoms with Crippen LogP contribution < -0.4 is 10.2 Å². The van der Waals surface area contributed by atoms with Crippen molar-refractivity contribution in [2.45, 2.75) is 32.7 Å². The molecule has 0 aromatic carbocycles. The lowest BCUT2D eigenvalue weighted by Gasteiger charge is -2.22. The molecule has 1 unspecified atom stereocenters. The molecule has 2 saturated heterocycles. The first kappa shape index (κ1) is 17.4. The molecule has 8 nitrogen and oxygen atoms in total. The molecule has 0 aliphatic carbocycles. The summed E-state index contributed by atoms with van der Waals surface area (Å²) in [7, 11) is 0. The predicted molar refractivity (Wildman–Crippen MR) is 108 cm³/mol. The van der Waals surface area contributed by atoms with E-state index in [4.69, 9.17) is 9.72 Å². The van der Waals surface area contributed by atoms with Gasteiger partial charge in [0.05, 0.1) is 24.6 Å². The summed E-state index contributed by atoms with van der Waals surface area (Å²) in [6.07, 6.45) is 7.74. The molecule has 0 saturated carbocycles. The van der Waals surface area contributed by atoms with Crippen LogP contribution in [-0.4, -0.2) is 50.8 Å². The van der Waals surface area contributed by atoms with Gasteiger partial charge in [-0.15, -0.1) is 0 Å². The van der Waals surface area contributed by atoms with E-state index in [2.05, 4.69) is 43.6 Å². The van der Waals surface area contributed by atoms with E-state index in [0.29, 0.717) is 6.04 Å². The maximum absolute atomic E-state index is 5.63. The minimum Gasteiger partial charge on any atom is -0.381 e. The highest BCUT2D eigenvalue weighted by Gasteiger charge is 2.42. The number of anilines is 3. The van der Waals surface area contributed by atoms with Gasteiger partial charge in [0.25, 0.3) is 0 Å². The third-order valence-corrected chi connectivity index (χ3v) is 5.82. The summed E-state index contributed by atoms with van der Waals surface area (Å²) in [5.41, 5.74) is 2.24. The minimum atomic E-state index is 0.286. The van der Waals surface area contributed by atoms with Crippen molar-refractivity contribution in [3.63, 3.8) is 0 Å². The van der Waals surface area contributed by atoms with Crippen LogP contribution in [-0.2, 0) is 4.74 Å². The number of hydrogen-bond donors (Lipinski definition) is 1. The topological polar surface area (TPSA) is 81.0 Å². The predicted octanol–water partition coefficient (Wildman–Crippen LogP) is 3.16. The summed E-state index contributed by atoms with van der Waals surface area (Å²) in [5.74, 6) is 2.26. The van der Waals surface area contributed by atoms with Gasteiger partial charge < -0.3 is 19.5 Å². The number of rotatable bonds is 4. The number of imidazole rings is 1.